The van der Waals surface area contributed by atoms with Gasteiger partial charge in [-0.3, -0.25) is 4.79 Å². The van der Waals surface area contributed by atoms with Crippen molar-refractivity contribution in [3.8, 4) is 0 Å². The van der Waals surface area contributed by atoms with Gasteiger partial charge in [-0.15, -0.1) is 0 Å². The molecule has 0 rings (SSSR count). The first-order valence-corrected chi connectivity index (χ1v) is 4.11. The maximum atomic E-state index is 10.9. The number of hydrogen-bond acceptors (Lipinski definition) is 1. The van der Waals surface area contributed by atoms with Gasteiger partial charge < -0.3 is 5.32 Å². The van der Waals surface area contributed by atoms with E-state index in [0.29, 0.717) is 6.42 Å². The Morgan fingerprint density at radius 3 is 2.91 bits per heavy atom. The fraction of sp³-hybridized carbons (Fsp3) is 0.667. The Kier molecular flexibility index (Phi) is 6.79. The van der Waals surface area contributed by atoms with Gasteiger partial charge in [-0.25, -0.2) is 0 Å². The third-order valence-corrected chi connectivity index (χ3v) is 1.35. The highest BCUT2D eigenvalue weighted by Gasteiger charge is 1.96. The summed E-state index contributed by atoms with van der Waals surface area (Å²) in [6, 6.07) is 0. The van der Waals surface area contributed by atoms with E-state index in [-0.39, 0.29) is 5.91 Å². The molecular weight excluding hydrogens is 138 g/mol. The summed E-state index contributed by atoms with van der Waals surface area (Å²) in [6.07, 6.45) is 4.85. The van der Waals surface area contributed by atoms with Crippen LogP contribution in [0.2, 0.25) is 0 Å². The smallest absolute Gasteiger partial charge is 0.220 e. The molecule has 11 heavy (non-hydrogen) atoms. The maximum absolute atomic E-state index is 10.9. The van der Waals surface area contributed by atoms with Crippen molar-refractivity contribution in [2.75, 3.05) is 6.54 Å². The van der Waals surface area contributed by atoms with Gasteiger partial charge >= 0.3 is 0 Å². The number of nitrogens with one attached hydrogen (secondary N) is 1. The fourth-order valence-corrected chi connectivity index (χ4v) is 0.733. The highest BCUT2D eigenvalue weighted by molar-refractivity contribution is 5.75. The minimum atomic E-state index is 0.133. The van der Waals surface area contributed by atoms with E-state index in [2.05, 4.69) is 5.32 Å². The van der Waals surface area contributed by atoms with Crippen LogP contribution in [-0.4, -0.2) is 12.5 Å². The van der Waals surface area contributed by atoms with Gasteiger partial charge in [-0.1, -0.05) is 19.6 Å². The molecule has 0 saturated carbocycles. The maximum Gasteiger partial charge on any atom is 0.220 e. The normalized spacial score (nSPS) is 9.18. The molecule has 0 spiro atoms. The largest absolute Gasteiger partial charge is 0.356 e. The Morgan fingerprint density at radius 1 is 1.64 bits per heavy atom. The zero-order valence-corrected chi connectivity index (χ0v) is 7.10. The molecule has 0 aliphatic heterocycles. The van der Waals surface area contributed by atoms with Gasteiger partial charge in [0.25, 0.3) is 0 Å². The van der Waals surface area contributed by atoms with Gasteiger partial charge in [0.1, 0.15) is 0 Å². The minimum absolute atomic E-state index is 0.133. The van der Waals surface area contributed by atoms with Crippen LogP contribution in [0.3, 0.4) is 0 Å². The molecule has 1 radical (unpaired) electrons. The lowest BCUT2D eigenvalue weighted by molar-refractivity contribution is -0.121. The molecule has 0 heterocycles. The molecule has 0 unspecified atom stereocenters. The number of amides is 1. The van der Waals surface area contributed by atoms with Crippen molar-refractivity contribution in [3.63, 3.8) is 0 Å². The highest BCUT2D eigenvalue weighted by Crippen LogP contribution is 1.94. The quantitative estimate of drug-likeness (QED) is 0.579. The van der Waals surface area contributed by atoms with Gasteiger partial charge in [0.15, 0.2) is 0 Å². The number of allylic oxidation sites excluding steroid dienone is 1. The highest BCUT2D eigenvalue weighted by atomic mass is 16.1. The van der Waals surface area contributed by atoms with Crippen LogP contribution in [0.15, 0.2) is 6.08 Å². The van der Waals surface area contributed by atoms with Crippen LogP contribution in [-0.2, 0) is 4.79 Å². The molecule has 0 atom stereocenters. The Morgan fingerprint density at radius 2 is 2.36 bits per heavy atom. The monoisotopic (exact) mass is 154 g/mol. The number of unbranched alkanes of at least 4 members (excludes halogenated alkanes) is 1. The molecule has 0 fully saturated rings. The molecule has 1 N–H and O–H groups in total. The van der Waals surface area contributed by atoms with E-state index in [4.69, 9.17) is 6.58 Å². The standard InChI is InChI=1S/C9H16NO/c1-3-5-6-7-9(11)10-8-4-2/h1,3H,4-8H2,2H3,(H,10,11). The van der Waals surface area contributed by atoms with E-state index in [1.807, 2.05) is 6.92 Å². The lowest BCUT2D eigenvalue weighted by atomic mass is 10.2. The minimum Gasteiger partial charge on any atom is -0.356 e. The summed E-state index contributed by atoms with van der Waals surface area (Å²) in [6.45, 7) is 7.98. The Labute approximate surface area is 68.7 Å². The third-order valence-electron chi connectivity index (χ3n) is 1.35. The molecule has 0 aromatic rings. The summed E-state index contributed by atoms with van der Waals surface area (Å²) in [5, 5.41) is 2.80. The van der Waals surface area contributed by atoms with Crippen molar-refractivity contribution in [2.24, 2.45) is 0 Å². The summed E-state index contributed by atoms with van der Waals surface area (Å²) in [7, 11) is 0. The molecule has 0 saturated heterocycles. The van der Waals surface area contributed by atoms with Crippen LogP contribution in [0, 0.1) is 6.58 Å². The third kappa shape index (κ3) is 7.10. The second kappa shape index (κ2) is 7.32. The average molecular weight is 154 g/mol. The first-order chi connectivity index (χ1) is 5.31. The second-order valence-corrected chi connectivity index (χ2v) is 2.48. The van der Waals surface area contributed by atoms with Crippen LogP contribution in [0.5, 0.6) is 0 Å². The van der Waals surface area contributed by atoms with Gasteiger partial charge in [0.05, 0.1) is 0 Å². The number of hydrogen-bond donors (Lipinski definition) is 1. The Hall–Kier alpha value is -0.790. The fourth-order valence-electron chi connectivity index (χ4n) is 0.733. The van der Waals surface area contributed by atoms with Crippen molar-refractivity contribution >= 4 is 5.91 Å². The number of carbonyl (C=O) groups is 1. The molecule has 0 aromatic heterocycles. The van der Waals surface area contributed by atoms with Crippen LogP contribution in [0.4, 0.5) is 0 Å². The second-order valence-electron chi connectivity index (χ2n) is 2.48. The molecule has 0 aromatic carbocycles. The van der Waals surface area contributed by atoms with Crippen molar-refractivity contribution in [3.05, 3.63) is 12.7 Å². The van der Waals surface area contributed by atoms with Crippen LogP contribution in [0.1, 0.15) is 32.6 Å². The predicted molar refractivity (Wildman–Crippen MR) is 46.0 cm³/mol. The zero-order valence-electron chi connectivity index (χ0n) is 7.10. The molecule has 2 nitrogen and oxygen atoms in total. The van der Waals surface area contributed by atoms with Gasteiger partial charge in [-0.05, 0) is 19.3 Å². The van der Waals surface area contributed by atoms with Crippen LogP contribution < -0.4 is 5.32 Å². The van der Waals surface area contributed by atoms with E-state index in [0.717, 1.165) is 25.8 Å². The van der Waals surface area contributed by atoms with Gasteiger partial charge in [0, 0.05) is 13.0 Å². The summed E-state index contributed by atoms with van der Waals surface area (Å²) in [5.41, 5.74) is 0. The van der Waals surface area contributed by atoms with Crippen LogP contribution >= 0.6 is 0 Å². The summed E-state index contributed by atoms with van der Waals surface area (Å²) in [5.74, 6) is 0.133. The van der Waals surface area contributed by atoms with Gasteiger partial charge in [-0.2, -0.15) is 0 Å². The molecular formula is C9H16NO. The van der Waals surface area contributed by atoms with E-state index in [1.54, 1.807) is 6.08 Å². The van der Waals surface area contributed by atoms with E-state index in [9.17, 15) is 4.79 Å². The van der Waals surface area contributed by atoms with E-state index < -0.39 is 0 Å². The summed E-state index contributed by atoms with van der Waals surface area (Å²) < 4.78 is 0. The first-order valence-electron chi connectivity index (χ1n) is 4.11. The lowest BCUT2D eigenvalue weighted by Gasteiger charge is -2.00. The van der Waals surface area contributed by atoms with E-state index in [1.165, 1.54) is 0 Å². The number of rotatable bonds is 6. The predicted octanol–water partition coefficient (Wildman–Crippen LogP) is 1.67. The lowest BCUT2D eigenvalue weighted by Crippen LogP contribution is -2.23. The van der Waals surface area contributed by atoms with Crippen molar-refractivity contribution in [1.29, 1.82) is 0 Å². The van der Waals surface area contributed by atoms with E-state index >= 15 is 0 Å². The molecule has 2 heteroatoms. The Balaban J connectivity index is 3.15. The molecule has 0 aliphatic carbocycles. The Bertz CT molecular complexity index is 121. The summed E-state index contributed by atoms with van der Waals surface area (Å²) >= 11 is 0. The first kappa shape index (κ1) is 10.2. The molecule has 0 bridgehead atoms. The molecule has 0 aliphatic rings. The number of carbonyl (C=O) groups excluding carboxylic acids is 1. The van der Waals surface area contributed by atoms with Crippen molar-refractivity contribution < 1.29 is 4.79 Å². The SMILES string of the molecule is [CH]=CCCCC(=O)NCCC. The van der Waals surface area contributed by atoms with Crippen molar-refractivity contribution in [2.45, 2.75) is 32.6 Å². The molecule has 63 valence electrons. The topological polar surface area (TPSA) is 29.1 Å². The van der Waals surface area contributed by atoms with Crippen LogP contribution in [0.25, 0.3) is 0 Å². The van der Waals surface area contributed by atoms with Gasteiger partial charge in [0.2, 0.25) is 5.91 Å². The molecule has 1 amide bonds. The zero-order chi connectivity index (χ0) is 8.53. The summed E-state index contributed by atoms with van der Waals surface area (Å²) in [4.78, 5) is 10.9. The van der Waals surface area contributed by atoms with Crippen molar-refractivity contribution in [1.82, 2.24) is 5.32 Å². The average Bonchev–Trinajstić information content (AvgIpc) is 2.01.